The van der Waals surface area contributed by atoms with Gasteiger partial charge in [-0.1, -0.05) is 0 Å². The molecule has 0 aromatic rings. The summed E-state index contributed by atoms with van der Waals surface area (Å²) in [5.41, 5.74) is -0.0833. The van der Waals surface area contributed by atoms with Crippen LogP contribution in [0.5, 0.6) is 0 Å². The van der Waals surface area contributed by atoms with Gasteiger partial charge in [-0.3, -0.25) is 0 Å². The van der Waals surface area contributed by atoms with Gasteiger partial charge in [0.25, 0.3) is 0 Å². The van der Waals surface area contributed by atoms with Crippen molar-refractivity contribution in [2.45, 2.75) is 25.9 Å². The molecule has 0 aliphatic carbocycles. The first-order chi connectivity index (χ1) is 3.21. The molecule has 1 aliphatic heterocycles. The van der Waals surface area contributed by atoms with Crippen molar-refractivity contribution in [2.75, 3.05) is 0 Å². The summed E-state index contributed by atoms with van der Waals surface area (Å²) >= 11 is 0. The minimum absolute atomic E-state index is 0. The molecule has 0 bridgehead atoms. The Hall–Kier alpha value is 0.0674. The molecule has 0 aromatic carbocycles. The van der Waals surface area contributed by atoms with Gasteiger partial charge in [-0.15, -0.1) is 6.42 Å². The van der Waals surface area contributed by atoms with E-state index in [1.54, 1.807) is 0 Å². The standard InChI is InChI=1S/C5H8NO.Li/c1-5(2)3-4-6-7-5;/h3H2,1-2H3;/q-1;+1. The predicted molar refractivity (Wildman–Crippen MR) is 27.2 cm³/mol. The molecule has 1 aliphatic rings. The number of rotatable bonds is 0. The normalized spacial score (nSPS) is 21.8. The van der Waals surface area contributed by atoms with Gasteiger partial charge < -0.3 is 16.2 Å². The summed E-state index contributed by atoms with van der Waals surface area (Å²) in [5.74, 6) is 0. The van der Waals surface area contributed by atoms with Crippen LogP contribution in [0.4, 0.5) is 0 Å². The Morgan fingerprint density at radius 1 is 1.62 bits per heavy atom. The molecule has 0 atom stereocenters. The van der Waals surface area contributed by atoms with Crippen LogP contribution in [0.1, 0.15) is 20.3 Å². The molecule has 0 spiro atoms. The third-order valence-electron chi connectivity index (χ3n) is 0.862. The van der Waals surface area contributed by atoms with E-state index < -0.39 is 0 Å². The molecule has 1 rings (SSSR count). The van der Waals surface area contributed by atoms with Crippen LogP contribution in [0, 0.1) is 0 Å². The third kappa shape index (κ3) is 1.89. The zero-order valence-electron chi connectivity index (χ0n) is 5.56. The van der Waals surface area contributed by atoms with Gasteiger partial charge in [0.1, 0.15) is 5.60 Å². The van der Waals surface area contributed by atoms with Gasteiger partial charge >= 0.3 is 18.9 Å². The Bertz CT molecular complexity index is 90.6. The van der Waals surface area contributed by atoms with E-state index in [1.807, 2.05) is 13.8 Å². The summed E-state index contributed by atoms with van der Waals surface area (Å²) in [6.45, 7) is 3.97. The summed E-state index contributed by atoms with van der Waals surface area (Å²) < 4.78 is 0. The number of hydrogen-bond donors (Lipinski definition) is 0. The SMILES string of the molecule is CC1(C)C[C-]=NO1.[Li+]. The van der Waals surface area contributed by atoms with E-state index in [9.17, 15) is 0 Å². The Morgan fingerprint density at radius 3 is 2.38 bits per heavy atom. The molecule has 0 N–H and O–H groups in total. The first-order valence-corrected chi connectivity index (χ1v) is 2.32. The van der Waals surface area contributed by atoms with Crippen LogP contribution in [-0.4, -0.2) is 11.8 Å². The smallest absolute Gasteiger partial charge is 0.429 e. The van der Waals surface area contributed by atoms with Crippen molar-refractivity contribution in [1.29, 1.82) is 0 Å². The molecular weight excluding hydrogens is 97.0 g/mol. The van der Waals surface area contributed by atoms with E-state index in [2.05, 4.69) is 11.4 Å². The van der Waals surface area contributed by atoms with Crippen molar-refractivity contribution in [1.82, 2.24) is 0 Å². The largest absolute Gasteiger partial charge is 1.00 e. The average Bonchev–Trinajstić information content (AvgIpc) is 1.84. The van der Waals surface area contributed by atoms with Crippen LogP contribution in [0.3, 0.4) is 0 Å². The van der Waals surface area contributed by atoms with Gasteiger partial charge in [-0.05, 0) is 13.8 Å². The van der Waals surface area contributed by atoms with Gasteiger partial charge in [-0.25, -0.2) is 0 Å². The molecule has 3 heteroatoms. The van der Waals surface area contributed by atoms with Crippen molar-refractivity contribution in [3.8, 4) is 0 Å². The van der Waals surface area contributed by atoms with Gasteiger partial charge in [0.15, 0.2) is 0 Å². The van der Waals surface area contributed by atoms with Gasteiger partial charge in [-0.2, -0.15) is 0 Å². The number of nitrogens with zero attached hydrogens (tertiary/aromatic N) is 1. The first-order valence-electron chi connectivity index (χ1n) is 2.32. The van der Waals surface area contributed by atoms with E-state index in [4.69, 9.17) is 4.84 Å². The fourth-order valence-electron chi connectivity index (χ4n) is 0.411. The van der Waals surface area contributed by atoms with Crippen molar-refractivity contribution < 1.29 is 23.7 Å². The maximum Gasteiger partial charge on any atom is 1.00 e. The molecule has 0 radical (unpaired) electrons. The van der Waals surface area contributed by atoms with Gasteiger partial charge in [0, 0.05) is 0 Å². The van der Waals surface area contributed by atoms with Crippen molar-refractivity contribution >= 4 is 6.21 Å². The van der Waals surface area contributed by atoms with Crippen LogP contribution < -0.4 is 18.9 Å². The fraction of sp³-hybridized carbons (Fsp3) is 0.800. The van der Waals surface area contributed by atoms with Gasteiger partial charge in [0.05, 0.1) is 0 Å². The summed E-state index contributed by atoms with van der Waals surface area (Å²) in [6.07, 6.45) is 3.53. The van der Waals surface area contributed by atoms with Crippen LogP contribution >= 0.6 is 0 Å². The topological polar surface area (TPSA) is 21.6 Å². The Kier molecular flexibility index (Phi) is 2.59. The molecule has 0 aromatic heterocycles. The van der Waals surface area contributed by atoms with E-state index in [0.717, 1.165) is 6.42 Å². The molecular formula is C5H8LiNO. The molecule has 40 valence electrons. The third-order valence-corrected chi connectivity index (χ3v) is 0.862. The maximum atomic E-state index is 4.85. The molecule has 0 saturated carbocycles. The summed E-state index contributed by atoms with van der Waals surface area (Å²) in [6, 6.07) is 0. The zero-order chi connectivity index (χ0) is 5.33. The Morgan fingerprint density at radius 2 is 2.25 bits per heavy atom. The Labute approximate surface area is 61.5 Å². The summed E-state index contributed by atoms with van der Waals surface area (Å²) in [4.78, 5) is 4.85. The Balaban J connectivity index is 0.000000490. The molecule has 0 saturated heterocycles. The molecule has 0 unspecified atom stereocenters. The van der Waals surface area contributed by atoms with Crippen LogP contribution in [0.25, 0.3) is 0 Å². The van der Waals surface area contributed by atoms with Crippen molar-refractivity contribution in [2.24, 2.45) is 5.16 Å². The van der Waals surface area contributed by atoms with E-state index in [-0.39, 0.29) is 24.5 Å². The molecule has 0 fully saturated rings. The second-order valence-electron chi connectivity index (χ2n) is 2.28. The minimum atomic E-state index is -0.0833. The van der Waals surface area contributed by atoms with Crippen molar-refractivity contribution in [3.63, 3.8) is 0 Å². The molecule has 8 heavy (non-hydrogen) atoms. The fourth-order valence-corrected chi connectivity index (χ4v) is 0.411. The second kappa shape index (κ2) is 2.57. The quantitative estimate of drug-likeness (QED) is 0.259. The second-order valence-corrected chi connectivity index (χ2v) is 2.28. The molecule has 1 heterocycles. The van der Waals surface area contributed by atoms with Crippen LogP contribution in [0.15, 0.2) is 5.16 Å². The number of hydrogen-bond acceptors (Lipinski definition) is 2. The molecule has 0 amide bonds. The van der Waals surface area contributed by atoms with E-state index in [0.29, 0.717) is 0 Å². The first kappa shape index (κ1) is 8.07. The molecule has 2 nitrogen and oxygen atoms in total. The summed E-state index contributed by atoms with van der Waals surface area (Å²) in [5, 5.41) is 3.49. The average molecular weight is 105 g/mol. The van der Waals surface area contributed by atoms with Gasteiger partial charge in [0.2, 0.25) is 0 Å². The minimum Gasteiger partial charge on any atom is -0.429 e. The van der Waals surface area contributed by atoms with Crippen LogP contribution in [0.2, 0.25) is 0 Å². The van der Waals surface area contributed by atoms with E-state index in [1.165, 1.54) is 0 Å². The monoisotopic (exact) mass is 105 g/mol. The predicted octanol–water partition coefficient (Wildman–Crippen LogP) is -1.95. The van der Waals surface area contributed by atoms with E-state index >= 15 is 0 Å². The van der Waals surface area contributed by atoms with Crippen molar-refractivity contribution in [3.05, 3.63) is 0 Å². The maximum absolute atomic E-state index is 4.85. The zero-order valence-corrected chi connectivity index (χ0v) is 5.56. The van der Waals surface area contributed by atoms with Crippen LogP contribution in [-0.2, 0) is 4.84 Å². The summed E-state index contributed by atoms with van der Waals surface area (Å²) in [7, 11) is 0.